The Labute approximate surface area is 135 Å². The average Bonchev–Trinajstić information content (AvgIpc) is 2.58. The first kappa shape index (κ1) is 16.5. The minimum Gasteiger partial charge on any atom is -0.493 e. The Kier molecular flexibility index (Phi) is 6.37. The zero-order chi connectivity index (χ0) is 15.8. The molecule has 0 heterocycles. The monoisotopic (exact) mass is 321 g/mol. The van der Waals surface area contributed by atoms with Gasteiger partial charge in [-0.15, -0.1) is 11.6 Å². The number of rotatable bonds is 8. The summed E-state index contributed by atoms with van der Waals surface area (Å²) in [6.45, 7) is 0.867. The second-order valence-corrected chi connectivity index (χ2v) is 5.14. The highest BCUT2D eigenvalue weighted by Gasteiger charge is 2.07. The summed E-state index contributed by atoms with van der Waals surface area (Å²) in [5.41, 5.74) is 1.94. The van der Waals surface area contributed by atoms with Gasteiger partial charge >= 0.3 is 0 Å². The molecule has 2 rings (SSSR count). The maximum Gasteiger partial charge on any atom is 0.162 e. The van der Waals surface area contributed by atoms with E-state index in [4.69, 9.17) is 21.1 Å². The van der Waals surface area contributed by atoms with Gasteiger partial charge in [-0.25, -0.2) is 0 Å². The Morgan fingerprint density at radius 1 is 1.14 bits per heavy atom. The number of ether oxygens (including phenoxy) is 2. The molecule has 0 bridgehead atoms. The molecule has 0 saturated heterocycles. The number of methoxy groups -OCH3 is 1. The van der Waals surface area contributed by atoms with Crippen LogP contribution in [0.25, 0.3) is 0 Å². The predicted molar refractivity (Wildman–Crippen MR) is 89.0 cm³/mol. The van der Waals surface area contributed by atoms with Gasteiger partial charge in [0, 0.05) is 18.3 Å². The van der Waals surface area contributed by atoms with E-state index in [0.29, 0.717) is 24.7 Å². The summed E-state index contributed by atoms with van der Waals surface area (Å²) < 4.78 is 11.1. The van der Waals surface area contributed by atoms with E-state index in [9.17, 15) is 5.11 Å². The summed E-state index contributed by atoms with van der Waals surface area (Å²) in [4.78, 5) is 0. The fourth-order valence-corrected chi connectivity index (χ4v) is 2.03. The molecule has 2 N–H and O–H groups in total. The molecule has 0 amide bonds. The van der Waals surface area contributed by atoms with Gasteiger partial charge < -0.3 is 19.9 Å². The minimum absolute atomic E-state index is 0.197. The van der Waals surface area contributed by atoms with Crippen LogP contribution in [0.5, 0.6) is 11.5 Å². The molecule has 0 aliphatic carbocycles. The van der Waals surface area contributed by atoms with Gasteiger partial charge in [0.25, 0.3) is 0 Å². The molecular weight excluding hydrogens is 302 g/mol. The van der Waals surface area contributed by atoms with Crippen molar-refractivity contribution in [2.24, 2.45) is 0 Å². The highest BCUT2D eigenvalue weighted by atomic mass is 35.5. The summed E-state index contributed by atoms with van der Waals surface area (Å²) in [6.07, 6.45) is -0.582. The average molecular weight is 322 g/mol. The molecule has 22 heavy (non-hydrogen) atoms. The van der Waals surface area contributed by atoms with Gasteiger partial charge in [-0.3, -0.25) is 0 Å². The second-order valence-electron chi connectivity index (χ2n) is 4.83. The second kappa shape index (κ2) is 8.51. The minimum atomic E-state index is -0.582. The van der Waals surface area contributed by atoms with Crippen molar-refractivity contribution >= 4 is 17.3 Å². The van der Waals surface area contributed by atoms with Crippen molar-refractivity contribution in [2.45, 2.75) is 12.7 Å². The number of anilines is 1. The quantitative estimate of drug-likeness (QED) is 0.733. The van der Waals surface area contributed by atoms with Crippen LogP contribution in [0.4, 0.5) is 5.69 Å². The number of alkyl halides is 1. The van der Waals surface area contributed by atoms with Crippen molar-refractivity contribution in [3.05, 3.63) is 54.1 Å². The van der Waals surface area contributed by atoms with Gasteiger partial charge in [0.1, 0.15) is 6.61 Å². The van der Waals surface area contributed by atoms with Crippen LogP contribution in [-0.2, 0) is 6.61 Å². The van der Waals surface area contributed by atoms with E-state index in [1.165, 1.54) is 0 Å². The smallest absolute Gasteiger partial charge is 0.162 e. The van der Waals surface area contributed by atoms with Crippen molar-refractivity contribution in [1.82, 2.24) is 0 Å². The van der Waals surface area contributed by atoms with Crippen LogP contribution in [0, 0.1) is 0 Å². The number of hydrogen-bond acceptors (Lipinski definition) is 4. The lowest BCUT2D eigenvalue weighted by molar-refractivity contribution is 0.211. The zero-order valence-corrected chi connectivity index (χ0v) is 13.2. The molecule has 1 atom stereocenters. The van der Waals surface area contributed by atoms with Crippen LogP contribution in [0.1, 0.15) is 5.56 Å². The molecule has 2 aromatic rings. The van der Waals surface area contributed by atoms with Crippen LogP contribution in [-0.4, -0.2) is 30.7 Å². The third-order valence-electron chi connectivity index (χ3n) is 3.12. The summed E-state index contributed by atoms with van der Waals surface area (Å²) >= 11 is 5.57. The molecule has 4 nitrogen and oxygen atoms in total. The summed E-state index contributed by atoms with van der Waals surface area (Å²) in [5.74, 6) is 1.51. The van der Waals surface area contributed by atoms with Crippen LogP contribution in [0.15, 0.2) is 48.5 Å². The standard InChI is InChI=1S/C17H20ClNO3/c1-21-17-9-14(19-11-15(20)10-18)7-8-16(17)22-12-13-5-3-2-4-6-13/h2-9,15,19-20H,10-12H2,1H3. The first-order chi connectivity index (χ1) is 10.7. The molecule has 5 heteroatoms. The van der Waals surface area contributed by atoms with Crippen LogP contribution in [0.2, 0.25) is 0 Å². The normalized spacial score (nSPS) is 11.8. The molecule has 0 aliphatic heterocycles. The molecule has 0 aliphatic rings. The van der Waals surface area contributed by atoms with Gasteiger partial charge in [-0.2, -0.15) is 0 Å². The number of aliphatic hydroxyl groups is 1. The van der Waals surface area contributed by atoms with Crippen molar-refractivity contribution < 1.29 is 14.6 Å². The fraction of sp³-hybridized carbons (Fsp3) is 0.294. The van der Waals surface area contributed by atoms with E-state index in [1.807, 2.05) is 48.5 Å². The van der Waals surface area contributed by atoms with E-state index >= 15 is 0 Å². The van der Waals surface area contributed by atoms with Gasteiger partial charge in [0.2, 0.25) is 0 Å². The molecule has 0 aromatic heterocycles. The number of benzene rings is 2. The van der Waals surface area contributed by atoms with Gasteiger partial charge in [0.05, 0.1) is 19.1 Å². The van der Waals surface area contributed by atoms with Crippen molar-refractivity contribution in [3.8, 4) is 11.5 Å². The molecule has 0 saturated carbocycles. The molecule has 0 radical (unpaired) electrons. The van der Waals surface area contributed by atoms with Crippen LogP contribution < -0.4 is 14.8 Å². The largest absolute Gasteiger partial charge is 0.493 e. The summed E-state index contributed by atoms with van der Waals surface area (Å²) in [5, 5.41) is 12.6. The van der Waals surface area contributed by atoms with E-state index in [-0.39, 0.29) is 5.88 Å². The molecular formula is C17H20ClNO3. The Hall–Kier alpha value is -1.91. The van der Waals surface area contributed by atoms with Crippen LogP contribution in [0.3, 0.4) is 0 Å². The molecule has 0 spiro atoms. The molecule has 1 unspecified atom stereocenters. The Morgan fingerprint density at radius 3 is 2.59 bits per heavy atom. The number of nitrogens with one attached hydrogen (secondary N) is 1. The highest BCUT2D eigenvalue weighted by molar-refractivity contribution is 6.18. The lowest BCUT2D eigenvalue weighted by Gasteiger charge is -2.14. The molecule has 2 aromatic carbocycles. The lowest BCUT2D eigenvalue weighted by atomic mass is 10.2. The van der Waals surface area contributed by atoms with Crippen LogP contribution >= 0.6 is 11.6 Å². The SMILES string of the molecule is COc1cc(NCC(O)CCl)ccc1OCc1ccccc1. The fourth-order valence-electron chi connectivity index (χ4n) is 1.92. The zero-order valence-electron chi connectivity index (χ0n) is 12.5. The lowest BCUT2D eigenvalue weighted by Crippen LogP contribution is -2.20. The van der Waals surface area contributed by atoms with Crippen molar-refractivity contribution in [1.29, 1.82) is 0 Å². The molecule has 0 fully saturated rings. The molecule has 118 valence electrons. The van der Waals surface area contributed by atoms with E-state index < -0.39 is 6.10 Å². The number of aliphatic hydroxyl groups excluding tert-OH is 1. The summed E-state index contributed by atoms with van der Waals surface area (Å²) in [7, 11) is 1.60. The van der Waals surface area contributed by atoms with E-state index in [2.05, 4.69) is 5.32 Å². The maximum absolute atomic E-state index is 9.46. The van der Waals surface area contributed by atoms with Gasteiger partial charge in [0.15, 0.2) is 11.5 Å². The number of hydrogen-bond donors (Lipinski definition) is 2. The topological polar surface area (TPSA) is 50.7 Å². The van der Waals surface area contributed by atoms with Gasteiger partial charge in [-0.05, 0) is 17.7 Å². The van der Waals surface area contributed by atoms with Crippen molar-refractivity contribution in [2.75, 3.05) is 24.9 Å². The third-order valence-corrected chi connectivity index (χ3v) is 3.48. The third kappa shape index (κ3) is 4.83. The highest BCUT2D eigenvalue weighted by Crippen LogP contribution is 2.30. The Bertz CT molecular complexity index is 577. The van der Waals surface area contributed by atoms with E-state index in [1.54, 1.807) is 7.11 Å². The first-order valence-electron chi connectivity index (χ1n) is 7.05. The predicted octanol–water partition coefficient (Wildman–Crippen LogP) is 3.29. The van der Waals surface area contributed by atoms with Crippen molar-refractivity contribution in [3.63, 3.8) is 0 Å². The Balaban J connectivity index is 1.99. The van der Waals surface area contributed by atoms with E-state index in [0.717, 1.165) is 11.3 Å². The first-order valence-corrected chi connectivity index (χ1v) is 7.59. The maximum atomic E-state index is 9.46. The van der Waals surface area contributed by atoms with Gasteiger partial charge in [-0.1, -0.05) is 30.3 Å². The number of halogens is 1. The summed E-state index contributed by atoms with van der Waals surface area (Å²) in [6, 6.07) is 15.5. The Morgan fingerprint density at radius 2 is 1.91 bits per heavy atom.